The van der Waals surface area contributed by atoms with E-state index in [1.54, 1.807) is 18.2 Å². The van der Waals surface area contributed by atoms with Gasteiger partial charge < -0.3 is 9.72 Å². The number of ether oxygens (including phenoxy) is 1. The van der Waals surface area contributed by atoms with E-state index in [0.717, 1.165) is 26.2 Å². The predicted octanol–water partition coefficient (Wildman–Crippen LogP) is 3.21. The Balaban J connectivity index is 1.35. The lowest BCUT2D eigenvalue weighted by Gasteiger charge is -2.38. The molecule has 0 amide bonds. The first-order valence-electron chi connectivity index (χ1n) is 10.8. The first-order valence-corrected chi connectivity index (χ1v) is 10.8. The highest BCUT2D eigenvalue weighted by atomic mass is 16.5. The average molecular weight is 393 g/mol. The summed E-state index contributed by atoms with van der Waals surface area (Å²) >= 11 is 0. The van der Waals surface area contributed by atoms with Crippen molar-refractivity contribution in [1.29, 1.82) is 5.26 Å². The molecule has 0 saturated carbocycles. The Kier molecular flexibility index (Phi) is 6.66. The number of rotatable bonds is 8. The lowest BCUT2D eigenvalue weighted by atomic mass is 9.95. The molecule has 154 valence electrons. The number of aromatic amines is 1. The number of hydrogen-bond donors (Lipinski definition) is 1. The van der Waals surface area contributed by atoms with Crippen LogP contribution in [-0.4, -0.2) is 60.7 Å². The molecule has 29 heavy (non-hydrogen) atoms. The number of benzene rings is 1. The molecule has 2 heterocycles. The number of piperidine rings is 1. The number of hydrogen-bond acceptors (Lipinski definition) is 4. The zero-order chi connectivity index (χ0) is 20.1. The van der Waals surface area contributed by atoms with Crippen molar-refractivity contribution in [2.75, 3.05) is 39.9 Å². The quantitative estimate of drug-likeness (QED) is 0.749. The van der Waals surface area contributed by atoms with E-state index in [2.05, 4.69) is 45.1 Å². The second-order valence-corrected chi connectivity index (χ2v) is 8.60. The van der Waals surface area contributed by atoms with E-state index in [1.807, 2.05) is 12.3 Å². The molecule has 0 unspecified atom stereocenters. The van der Waals surface area contributed by atoms with Crippen molar-refractivity contribution in [2.45, 2.75) is 38.3 Å². The van der Waals surface area contributed by atoms with Gasteiger partial charge in [0.05, 0.1) is 6.61 Å². The van der Waals surface area contributed by atoms with Gasteiger partial charge in [0.2, 0.25) is 0 Å². The Hall–Kier alpha value is -2.13. The van der Waals surface area contributed by atoms with Crippen LogP contribution in [0.25, 0.3) is 0 Å². The van der Waals surface area contributed by atoms with E-state index in [9.17, 15) is 0 Å². The highest BCUT2D eigenvalue weighted by Crippen LogP contribution is 2.29. The summed E-state index contributed by atoms with van der Waals surface area (Å²) in [5.41, 5.74) is 4.90. The molecule has 0 spiro atoms. The number of nitriles is 1. The summed E-state index contributed by atoms with van der Waals surface area (Å²) in [6.07, 6.45) is 6.96. The summed E-state index contributed by atoms with van der Waals surface area (Å²) in [5.74, 6) is 0.693. The monoisotopic (exact) mass is 392 g/mol. The van der Waals surface area contributed by atoms with Crippen molar-refractivity contribution in [2.24, 2.45) is 5.92 Å². The first-order chi connectivity index (χ1) is 14.2. The second-order valence-electron chi connectivity index (χ2n) is 8.60. The number of aromatic nitrogens is 1. The molecule has 1 aliphatic heterocycles. The van der Waals surface area contributed by atoms with Crippen molar-refractivity contribution in [3.63, 3.8) is 0 Å². The molecule has 1 atom stereocenters. The molecule has 2 aliphatic rings. The molecule has 5 nitrogen and oxygen atoms in total. The van der Waals surface area contributed by atoms with Crippen LogP contribution in [0, 0.1) is 17.2 Å². The summed E-state index contributed by atoms with van der Waals surface area (Å²) in [6.45, 7) is 6.05. The van der Waals surface area contributed by atoms with Gasteiger partial charge in [0.1, 0.15) is 11.8 Å². The maximum absolute atomic E-state index is 9.07. The average Bonchev–Trinajstić information content (AvgIpc) is 3.39. The zero-order valence-corrected chi connectivity index (χ0v) is 17.4. The van der Waals surface area contributed by atoms with E-state index >= 15 is 0 Å². The molecule has 1 fully saturated rings. The molecule has 0 bridgehead atoms. The van der Waals surface area contributed by atoms with Crippen LogP contribution in [-0.2, 0) is 24.1 Å². The standard InChI is InChI=1S/C24H32N4O/c1-29-10-9-27(17-20-11-23(14-25)26-15-20)16-19-5-4-8-28(18-19)24-12-21-6-2-3-7-22(21)13-24/h2-3,6-7,11,15,19,24,26H,4-5,8-10,12-13,16-18H2,1H3/t19-/m0/s1. The smallest absolute Gasteiger partial charge is 0.117 e. The Morgan fingerprint density at radius 2 is 2.07 bits per heavy atom. The van der Waals surface area contributed by atoms with Gasteiger partial charge in [-0.25, -0.2) is 0 Å². The summed E-state index contributed by atoms with van der Waals surface area (Å²) < 4.78 is 5.35. The third-order valence-electron chi connectivity index (χ3n) is 6.49. The summed E-state index contributed by atoms with van der Waals surface area (Å²) in [5, 5.41) is 9.07. The SMILES string of the molecule is COCCN(Cc1c[nH]c(C#N)c1)C[C@@H]1CCCN(C2Cc3ccccc3C2)C1. The third-order valence-corrected chi connectivity index (χ3v) is 6.49. The van der Waals surface area contributed by atoms with Crippen LogP contribution >= 0.6 is 0 Å². The molecule has 1 N–H and O–H groups in total. The number of H-pyrrole nitrogens is 1. The molecule has 2 aromatic rings. The molecule has 1 saturated heterocycles. The van der Waals surface area contributed by atoms with Crippen molar-refractivity contribution in [3.05, 3.63) is 58.9 Å². The highest BCUT2D eigenvalue weighted by molar-refractivity contribution is 5.33. The van der Waals surface area contributed by atoms with E-state index < -0.39 is 0 Å². The van der Waals surface area contributed by atoms with Crippen LogP contribution in [0.15, 0.2) is 36.5 Å². The maximum Gasteiger partial charge on any atom is 0.117 e. The number of nitrogens with zero attached hydrogens (tertiary/aromatic N) is 3. The fraction of sp³-hybridized carbons (Fsp3) is 0.542. The van der Waals surface area contributed by atoms with E-state index in [-0.39, 0.29) is 0 Å². The van der Waals surface area contributed by atoms with Gasteiger partial charge in [-0.1, -0.05) is 24.3 Å². The predicted molar refractivity (Wildman–Crippen MR) is 115 cm³/mol. The van der Waals surface area contributed by atoms with Crippen molar-refractivity contribution < 1.29 is 4.74 Å². The van der Waals surface area contributed by atoms with Gasteiger partial charge in [-0.05, 0) is 60.9 Å². The molecule has 4 rings (SSSR count). The summed E-state index contributed by atoms with van der Waals surface area (Å²) in [7, 11) is 1.77. The Morgan fingerprint density at radius 3 is 2.76 bits per heavy atom. The van der Waals surface area contributed by atoms with Crippen molar-refractivity contribution in [1.82, 2.24) is 14.8 Å². The Bertz CT molecular complexity index is 814. The van der Waals surface area contributed by atoms with Crippen molar-refractivity contribution >= 4 is 0 Å². The molecule has 1 aliphatic carbocycles. The van der Waals surface area contributed by atoms with E-state index in [4.69, 9.17) is 10.00 Å². The third kappa shape index (κ3) is 5.08. The second kappa shape index (κ2) is 9.58. The molecular formula is C24H32N4O. The number of nitrogens with one attached hydrogen (secondary N) is 1. The fourth-order valence-corrected chi connectivity index (χ4v) is 5.05. The van der Waals surface area contributed by atoms with Gasteiger partial charge in [-0.2, -0.15) is 5.26 Å². The Labute approximate surface area is 174 Å². The van der Waals surface area contributed by atoms with Crippen LogP contribution in [0.2, 0.25) is 0 Å². The lowest BCUT2D eigenvalue weighted by molar-refractivity contribution is 0.0844. The number of methoxy groups -OCH3 is 1. The molecule has 5 heteroatoms. The van der Waals surface area contributed by atoms with Gasteiger partial charge >= 0.3 is 0 Å². The van der Waals surface area contributed by atoms with Crippen LogP contribution in [0.5, 0.6) is 0 Å². The Morgan fingerprint density at radius 1 is 1.28 bits per heavy atom. The first kappa shape index (κ1) is 20.2. The number of fused-ring (bicyclic) bond motifs is 1. The minimum absolute atomic E-state index is 0.635. The van der Waals surface area contributed by atoms with Gasteiger partial charge in [-0.3, -0.25) is 9.80 Å². The molecule has 1 aromatic heterocycles. The molecule has 1 aromatic carbocycles. The molecule has 0 radical (unpaired) electrons. The highest BCUT2D eigenvalue weighted by Gasteiger charge is 2.31. The van der Waals surface area contributed by atoms with Crippen LogP contribution in [0.1, 0.15) is 35.2 Å². The van der Waals surface area contributed by atoms with Crippen LogP contribution in [0.3, 0.4) is 0 Å². The van der Waals surface area contributed by atoms with E-state index in [1.165, 1.54) is 44.3 Å². The topological polar surface area (TPSA) is 55.3 Å². The summed E-state index contributed by atoms with van der Waals surface area (Å²) in [4.78, 5) is 8.28. The maximum atomic E-state index is 9.07. The van der Waals surface area contributed by atoms with Gasteiger partial charge in [0, 0.05) is 45.5 Å². The normalized spacial score (nSPS) is 20.1. The van der Waals surface area contributed by atoms with E-state index in [0.29, 0.717) is 17.7 Å². The number of likely N-dealkylation sites (tertiary alicyclic amines) is 1. The summed E-state index contributed by atoms with van der Waals surface area (Å²) in [6, 6.07) is 13.8. The zero-order valence-electron chi connectivity index (χ0n) is 17.4. The lowest BCUT2D eigenvalue weighted by Crippen LogP contribution is -2.46. The largest absolute Gasteiger partial charge is 0.383 e. The van der Waals surface area contributed by atoms with Crippen LogP contribution in [0.4, 0.5) is 0 Å². The van der Waals surface area contributed by atoms with Crippen molar-refractivity contribution in [3.8, 4) is 6.07 Å². The van der Waals surface area contributed by atoms with Gasteiger partial charge in [0.25, 0.3) is 0 Å². The van der Waals surface area contributed by atoms with Gasteiger partial charge in [0.15, 0.2) is 0 Å². The minimum Gasteiger partial charge on any atom is -0.383 e. The molecular weight excluding hydrogens is 360 g/mol. The fourth-order valence-electron chi connectivity index (χ4n) is 5.05. The van der Waals surface area contributed by atoms with Gasteiger partial charge in [-0.15, -0.1) is 0 Å². The van der Waals surface area contributed by atoms with Crippen LogP contribution < -0.4 is 0 Å². The minimum atomic E-state index is 0.635.